The molecule has 0 saturated carbocycles. The molecule has 0 saturated heterocycles. The third kappa shape index (κ3) is 4.32. The van der Waals surface area contributed by atoms with Crippen molar-refractivity contribution in [1.29, 1.82) is 0 Å². The highest BCUT2D eigenvalue weighted by Gasteiger charge is 2.09. The number of rotatable bonds is 6. The molecule has 0 radical (unpaired) electrons. The van der Waals surface area contributed by atoms with Gasteiger partial charge in [0.1, 0.15) is 6.54 Å². The molecule has 28 heavy (non-hydrogen) atoms. The molecule has 0 atom stereocenters. The zero-order valence-corrected chi connectivity index (χ0v) is 15.5. The average Bonchev–Trinajstić information content (AvgIpc) is 3.33. The Kier molecular flexibility index (Phi) is 4.97. The van der Waals surface area contributed by atoms with Crippen LogP contribution in [0.3, 0.4) is 0 Å². The summed E-state index contributed by atoms with van der Waals surface area (Å²) in [5.74, 6) is 0.345. The molecule has 1 amide bonds. The van der Waals surface area contributed by atoms with Gasteiger partial charge >= 0.3 is 0 Å². The van der Waals surface area contributed by atoms with Gasteiger partial charge in [0, 0.05) is 41.5 Å². The first-order valence-electron chi connectivity index (χ1n) is 8.98. The van der Waals surface area contributed by atoms with E-state index in [-0.39, 0.29) is 12.5 Å². The molecule has 4 aromatic rings. The number of hydrogen-bond donors (Lipinski definition) is 1. The van der Waals surface area contributed by atoms with Crippen LogP contribution in [-0.2, 0) is 17.9 Å². The molecule has 0 spiro atoms. The summed E-state index contributed by atoms with van der Waals surface area (Å²) < 4.78 is 3.40. The highest BCUT2D eigenvalue weighted by Crippen LogP contribution is 2.17. The first kappa shape index (κ1) is 17.7. The zero-order valence-electron chi connectivity index (χ0n) is 15.5. The fourth-order valence-electron chi connectivity index (χ4n) is 2.85. The first-order valence-corrected chi connectivity index (χ1v) is 8.98. The van der Waals surface area contributed by atoms with Crippen molar-refractivity contribution in [3.63, 3.8) is 0 Å². The van der Waals surface area contributed by atoms with Crippen LogP contribution in [-0.4, -0.2) is 30.5 Å². The van der Waals surface area contributed by atoms with Crippen molar-refractivity contribution in [3.8, 4) is 11.1 Å². The van der Waals surface area contributed by atoms with Crippen LogP contribution >= 0.6 is 0 Å². The number of nitrogens with zero attached hydrogens (tertiary/aromatic N) is 5. The van der Waals surface area contributed by atoms with E-state index in [4.69, 9.17) is 0 Å². The van der Waals surface area contributed by atoms with Crippen molar-refractivity contribution < 1.29 is 4.79 Å². The number of amides is 1. The summed E-state index contributed by atoms with van der Waals surface area (Å²) in [7, 11) is 0. The summed E-state index contributed by atoms with van der Waals surface area (Å²) in [4.78, 5) is 16.6. The number of anilines is 1. The van der Waals surface area contributed by atoms with Gasteiger partial charge in [0.15, 0.2) is 5.82 Å². The van der Waals surface area contributed by atoms with Gasteiger partial charge in [-0.25, -0.2) is 0 Å². The Labute approximate surface area is 162 Å². The normalized spacial score (nSPS) is 10.8. The smallest absolute Gasteiger partial charge is 0.247 e. The second kappa shape index (κ2) is 7.87. The lowest BCUT2D eigenvalue weighted by atomic mass is 10.1. The van der Waals surface area contributed by atoms with Gasteiger partial charge in [0.2, 0.25) is 5.91 Å². The maximum Gasteiger partial charge on any atom is 0.247 e. The van der Waals surface area contributed by atoms with Crippen molar-refractivity contribution in [2.45, 2.75) is 20.0 Å². The average molecular weight is 372 g/mol. The molecule has 7 nitrogen and oxygen atoms in total. The molecule has 0 aliphatic heterocycles. The number of aromatic nitrogens is 5. The first-order chi connectivity index (χ1) is 13.7. The van der Waals surface area contributed by atoms with Gasteiger partial charge in [-0.3, -0.25) is 19.1 Å². The quantitative estimate of drug-likeness (QED) is 0.564. The Morgan fingerprint density at radius 2 is 1.86 bits per heavy atom. The van der Waals surface area contributed by atoms with Gasteiger partial charge in [0.25, 0.3) is 0 Å². The minimum absolute atomic E-state index is 0.116. The van der Waals surface area contributed by atoms with Crippen LogP contribution in [0.25, 0.3) is 11.1 Å². The molecular weight excluding hydrogens is 352 g/mol. The highest BCUT2D eigenvalue weighted by atomic mass is 16.2. The maximum absolute atomic E-state index is 12.3. The Balaban J connectivity index is 1.35. The van der Waals surface area contributed by atoms with Crippen LogP contribution in [0.15, 0.2) is 73.3 Å². The lowest BCUT2D eigenvalue weighted by Crippen LogP contribution is -2.19. The SMILES string of the molecule is Cc1ccc(-c2cnn(CC(=O)Nc3ccn(Cc4ccccc4)n3)c2)cn1. The number of benzene rings is 1. The lowest BCUT2D eigenvalue weighted by Gasteiger charge is -2.03. The summed E-state index contributed by atoms with van der Waals surface area (Å²) >= 11 is 0. The third-order valence-electron chi connectivity index (χ3n) is 4.28. The fourth-order valence-corrected chi connectivity index (χ4v) is 2.85. The number of pyridine rings is 1. The standard InChI is InChI=1S/C21H20N6O/c1-16-7-8-18(11-22-16)19-12-23-27(14-19)15-21(28)24-20-9-10-26(25-20)13-17-5-3-2-4-6-17/h2-12,14H,13,15H2,1H3,(H,24,25,28). The number of carbonyl (C=O) groups is 1. The minimum Gasteiger partial charge on any atom is -0.308 e. The van der Waals surface area contributed by atoms with Crippen LogP contribution < -0.4 is 5.32 Å². The number of aryl methyl sites for hydroxylation is 1. The molecule has 0 bridgehead atoms. The molecule has 4 rings (SSSR count). The molecule has 3 heterocycles. The van der Waals surface area contributed by atoms with Crippen LogP contribution in [0.5, 0.6) is 0 Å². The summed E-state index contributed by atoms with van der Waals surface area (Å²) in [5, 5.41) is 11.5. The molecule has 0 unspecified atom stereocenters. The topological polar surface area (TPSA) is 77.6 Å². The van der Waals surface area contributed by atoms with Crippen molar-refractivity contribution in [1.82, 2.24) is 24.5 Å². The van der Waals surface area contributed by atoms with E-state index < -0.39 is 0 Å². The predicted molar refractivity (Wildman–Crippen MR) is 107 cm³/mol. The maximum atomic E-state index is 12.3. The summed E-state index contributed by atoms with van der Waals surface area (Å²) in [6, 6.07) is 15.8. The number of nitrogens with one attached hydrogen (secondary N) is 1. The van der Waals surface area contributed by atoms with E-state index in [1.54, 1.807) is 27.8 Å². The number of carbonyl (C=O) groups excluding carboxylic acids is 1. The third-order valence-corrected chi connectivity index (χ3v) is 4.28. The van der Waals surface area contributed by atoms with Crippen molar-refractivity contribution in [2.24, 2.45) is 0 Å². The molecule has 1 aromatic carbocycles. The van der Waals surface area contributed by atoms with Gasteiger partial charge in [-0.05, 0) is 18.6 Å². The van der Waals surface area contributed by atoms with Crippen molar-refractivity contribution in [2.75, 3.05) is 5.32 Å². The van der Waals surface area contributed by atoms with E-state index in [0.717, 1.165) is 22.4 Å². The molecule has 3 aromatic heterocycles. The van der Waals surface area contributed by atoms with Crippen molar-refractivity contribution in [3.05, 3.63) is 84.6 Å². The predicted octanol–water partition coefficient (Wildman–Crippen LogP) is 3.14. The zero-order chi connectivity index (χ0) is 19.3. The van der Waals surface area contributed by atoms with Gasteiger partial charge < -0.3 is 5.32 Å². The van der Waals surface area contributed by atoms with Crippen LogP contribution in [0.4, 0.5) is 5.82 Å². The largest absolute Gasteiger partial charge is 0.308 e. The molecule has 0 aliphatic carbocycles. The van der Waals surface area contributed by atoms with E-state index in [9.17, 15) is 4.79 Å². The van der Waals surface area contributed by atoms with E-state index >= 15 is 0 Å². The fraction of sp³-hybridized carbons (Fsp3) is 0.143. The van der Waals surface area contributed by atoms with Gasteiger partial charge in [0.05, 0.1) is 12.7 Å². The second-order valence-electron chi connectivity index (χ2n) is 6.55. The molecular formula is C21H20N6O. The van der Waals surface area contributed by atoms with Crippen LogP contribution in [0, 0.1) is 6.92 Å². The lowest BCUT2D eigenvalue weighted by molar-refractivity contribution is -0.116. The second-order valence-corrected chi connectivity index (χ2v) is 6.55. The molecule has 140 valence electrons. The monoisotopic (exact) mass is 372 g/mol. The van der Waals surface area contributed by atoms with E-state index in [0.29, 0.717) is 12.4 Å². The van der Waals surface area contributed by atoms with E-state index in [1.165, 1.54) is 0 Å². The molecule has 0 aliphatic rings. The Bertz CT molecular complexity index is 1070. The van der Waals surface area contributed by atoms with Crippen LogP contribution in [0.1, 0.15) is 11.3 Å². The Hall–Kier alpha value is -3.74. The van der Waals surface area contributed by atoms with E-state index in [2.05, 4.69) is 20.5 Å². The van der Waals surface area contributed by atoms with Gasteiger partial charge in [-0.15, -0.1) is 0 Å². The van der Waals surface area contributed by atoms with Gasteiger partial charge in [-0.2, -0.15) is 10.2 Å². The highest BCUT2D eigenvalue weighted by molar-refractivity contribution is 5.89. The summed E-state index contributed by atoms with van der Waals surface area (Å²) in [6.45, 7) is 2.72. The summed E-state index contributed by atoms with van der Waals surface area (Å²) in [6.07, 6.45) is 7.21. The van der Waals surface area contributed by atoms with Gasteiger partial charge in [-0.1, -0.05) is 36.4 Å². The van der Waals surface area contributed by atoms with Crippen molar-refractivity contribution >= 4 is 11.7 Å². The molecule has 0 fully saturated rings. The van der Waals surface area contributed by atoms with E-state index in [1.807, 2.05) is 61.8 Å². The molecule has 1 N–H and O–H groups in total. The summed E-state index contributed by atoms with van der Waals surface area (Å²) in [5.41, 5.74) is 4.00. The Morgan fingerprint density at radius 3 is 2.64 bits per heavy atom. The minimum atomic E-state index is -0.179. The Morgan fingerprint density at radius 1 is 1.00 bits per heavy atom. The molecule has 7 heteroatoms. The number of hydrogen-bond acceptors (Lipinski definition) is 4. The van der Waals surface area contributed by atoms with Crippen LogP contribution in [0.2, 0.25) is 0 Å².